The second-order valence-corrected chi connectivity index (χ2v) is 11.8. The van der Waals surface area contributed by atoms with Gasteiger partial charge in [0.25, 0.3) is 0 Å². The minimum atomic E-state index is -0.354. The Hall–Kier alpha value is -3.19. The first-order chi connectivity index (χ1) is 21.5. The lowest BCUT2D eigenvalue weighted by molar-refractivity contribution is -0.122. The van der Waals surface area contributed by atoms with Gasteiger partial charge >= 0.3 is 0 Å². The average Bonchev–Trinajstić information content (AvgIpc) is 3.05. The van der Waals surface area contributed by atoms with Crippen LogP contribution in [0.5, 0.6) is 23.0 Å². The Kier molecular flexibility index (Phi) is 16.0. The van der Waals surface area contributed by atoms with Crippen molar-refractivity contribution in [1.82, 2.24) is 10.6 Å². The minimum absolute atomic E-state index is 0.0365. The molecule has 7 nitrogen and oxygen atoms in total. The van der Waals surface area contributed by atoms with E-state index < -0.39 is 0 Å². The van der Waals surface area contributed by atoms with E-state index in [1.54, 1.807) is 28.4 Å². The Bertz CT molecular complexity index is 1160. The van der Waals surface area contributed by atoms with Crippen LogP contribution in [0.1, 0.15) is 126 Å². The Labute approximate surface area is 266 Å². The number of nitrogens with one attached hydrogen (secondary N) is 2. The standard InChI is InChI=1S/C37H56N2O5/c1-6-7-8-9-10-11-12-13-14-15-16-17-18-19-20-21-36(40)39-37-30-27-35(44-5)34(43-4)26-29(30)24-31(38-37)28-22-23-32(41-2)33(25-28)42-3/h13-14,22-23,25-27,31,37-38H,6-12,15-21,24H2,1-5H3,(H,39,40)/b14-13-. The van der Waals surface area contributed by atoms with Crippen LogP contribution >= 0.6 is 0 Å². The molecule has 3 rings (SSSR count). The summed E-state index contributed by atoms with van der Waals surface area (Å²) < 4.78 is 22.2. The van der Waals surface area contributed by atoms with Crippen LogP contribution in [0.4, 0.5) is 0 Å². The van der Waals surface area contributed by atoms with E-state index in [1.165, 1.54) is 70.6 Å². The summed E-state index contributed by atoms with van der Waals surface area (Å²) in [6.45, 7) is 2.27. The summed E-state index contributed by atoms with van der Waals surface area (Å²) in [6.07, 6.45) is 21.7. The number of unbranched alkanes of at least 4 members (excludes halogenated alkanes) is 11. The van der Waals surface area contributed by atoms with Gasteiger partial charge in [0.2, 0.25) is 5.91 Å². The molecule has 1 aliphatic rings. The molecule has 2 N–H and O–H groups in total. The zero-order valence-corrected chi connectivity index (χ0v) is 27.8. The summed E-state index contributed by atoms with van der Waals surface area (Å²) >= 11 is 0. The number of hydrogen-bond donors (Lipinski definition) is 2. The predicted molar refractivity (Wildman–Crippen MR) is 179 cm³/mol. The first kappa shape index (κ1) is 35.3. The highest BCUT2D eigenvalue weighted by Crippen LogP contribution is 2.40. The smallest absolute Gasteiger partial charge is 0.221 e. The highest BCUT2D eigenvalue weighted by Gasteiger charge is 2.30. The number of carbonyl (C=O) groups excluding carboxylic acids is 1. The van der Waals surface area contributed by atoms with Crippen LogP contribution < -0.4 is 29.6 Å². The van der Waals surface area contributed by atoms with Crippen molar-refractivity contribution in [2.24, 2.45) is 0 Å². The highest BCUT2D eigenvalue weighted by atomic mass is 16.5. The first-order valence-corrected chi connectivity index (χ1v) is 16.7. The Morgan fingerprint density at radius 1 is 0.750 bits per heavy atom. The van der Waals surface area contributed by atoms with Crippen molar-refractivity contribution in [1.29, 1.82) is 0 Å². The number of carbonyl (C=O) groups is 1. The summed E-state index contributed by atoms with van der Waals surface area (Å²) in [5.41, 5.74) is 3.16. The summed E-state index contributed by atoms with van der Waals surface area (Å²) in [4.78, 5) is 13.1. The fraction of sp³-hybridized carbons (Fsp3) is 0.595. The summed E-state index contributed by atoms with van der Waals surface area (Å²) in [6, 6.07) is 9.90. The number of amides is 1. The molecule has 0 saturated heterocycles. The van der Waals surface area contributed by atoms with Crippen LogP contribution in [0.15, 0.2) is 42.5 Å². The lowest BCUT2D eigenvalue weighted by atomic mass is 9.89. The number of benzene rings is 2. The predicted octanol–water partition coefficient (Wildman–Crippen LogP) is 8.76. The normalized spacial score (nSPS) is 16.0. The van der Waals surface area contributed by atoms with Crippen LogP contribution in [-0.4, -0.2) is 34.3 Å². The number of rotatable bonds is 21. The molecule has 0 radical (unpaired) electrons. The van der Waals surface area contributed by atoms with Gasteiger partial charge < -0.3 is 24.3 Å². The third-order valence-electron chi connectivity index (χ3n) is 8.53. The van der Waals surface area contributed by atoms with E-state index in [-0.39, 0.29) is 18.1 Å². The van der Waals surface area contributed by atoms with E-state index in [0.717, 1.165) is 36.0 Å². The molecule has 44 heavy (non-hydrogen) atoms. The topological polar surface area (TPSA) is 78.1 Å². The third kappa shape index (κ3) is 11.1. The van der Waals surface area contributed by atoms with Gasteiger partial charge in [-0.25, -0.2) is 0 Å². The first-order valence-electron chi connectivity index (χ1n) is 16.7. The van der Waals surface area contributed by atoms with Crippen LogP contribution in [0.3, 0.4) is 0 Å². The van der Waals surface area contributed by atoms with Crippen molar-refractivity contribution >= 4 is 5.91 Å². The van der Waals surface area contributed by atoms with Crippen molar-refractivity contribution < 1.29 is 23.7 Å². The van der Waals surface area contributed by atoms with E-state index in [2.05, 4.69) is 29.7 Å². The Balaban J connectivity index is 1.48. The van der Waals surface area contributed by atoms with Gasteiger partial charge in [-0.15, -0.1) is 0 Å². The molecule has 1 heterocycles. The largest absolute Gasteiger partial charge is 0.493 e. The van der Waals surface area contributed by atoms with Crippen LogP contribution in [0.25, 0.3) is 0 Å². The van der Waals surface area contributed by atoms with Crippen molar-refractivity contribution in [2.45, 2.75) is 115 Å². The van der Waals surface area contributed by atoms with Gasteiger partial charge in [-0.3, -0.25) is 10.1 Å². The van der Waals surface area contributed by atoms with E-state index in [4.69, 9.17) is 18.9 Å². The zero-order chi connectivity index (χ0) is 31.6. The second-order valence-electron chi connectivity index (χ2n) is 11.8. The number of methoxy groups -OCH3 is 4. The Morgan fingerprint density at radius 2 is 1.32 bits per heavy atom. The molecular formula is C37H56N2O5. The fourth-order valence-corrected chi connectivity index (χ4v) is 5.94. The van der Waals surface area contributed by atoms with E-state index in [9.17, 15) is 4.79 Å². The molecule has 2 unspecified atom stereocenters. The van der Waals surface area contributed by atoms with Gasteiger partial charge in [-0.1, -0.05) is 76.5 Å². The Morgan fingerprint density at radius 3 is 1.95 bits per heavy atom. The molecule has 1 amide bonds. The van der Waals surface area contributed by atoms with Gasteiger partial charge in [0.15, 0.2) is 23.0 Å². The molecule has 1 aliphatic heterocycles. The van der Waals surface area contributed by atoms with Crippen molar-refractivity contribution in [3.8, 4) is 23.0 Å². The molecule has 2 aromatic rings. The second kappa shape index (κ2) is 20.0. The molecule has 2 aromatic carbocycles. The van der Waals surface area contributed by atoms with Crippen molar-refractivity contribution in [3.63, 3.8) is 0 Å². The number of allylic oxidation sites excluding steroid dienone is 2. The van der Waals surface area contributed by atoms with E-state index in [1.807, 2.05) is 30.3 Å². The maximum atomic E-state index is 13.1. The molecule has 244 valence electrons. The van der Waals surface area contributed by atoms with Gasteiger partial charge in [0, 0.05) is 12.5 Å². The molecule has 0 spiro atoms. The van der Waals surface area contributed by atoms with Crippen LogP contribution in [0, 0.1) is 0 Å². The lowest BCUT2D eigenvalue weighted by Gasteiger charge is -2.35. The molecule has 0 aromatic heterocycles. The van der Waals surface area contributed by atoms with Gasteiger partial charge in [0.1, 0.15) is 6.17 Å². The van der Waals surface area contributed by atoms with Crippen molar-refractivity contribution in [3.05, 3.63) is 59.2 Å². The summed E-state index contributed by atoms with van der Waals surface area (Å²) in [7, 11) is 6.55. The average molecular weight is 609 g/mol. The number of hydrogen-bond acceptors (Lipinski definition) is 6. The fourth-order valence-electron chi connectivity index (χ4n) is 5.94. The van der Waals surface area contributed by atoms with Crippen LogP contribution in [-0.2, 0) is 11.2 Å². The minimum Gasteiger partial charge on any atom is -0.493 e. The third-order valence-corrected chi connectivity index (χ3v) is 8.53. The van der Waals surface area contributed by atoms with Gasteiger partial charge in [-0.2, -0.15) is 0 Å². The summed E-state index contributed by atoms with van der Waals surface area (Å²) in [5, 5.41) is 6.91. The maximum absolute atomic E-state index is 13.1. The lowest BCUT2D eigenvalue weighted by Crippen LogP contribution is -2.43. The highest BCUT2D eigenvalue weighted by molar-refractivity contribution is 5.76. The quantitative estimate of drug-likeness (QED) is 0.109. The zero-order valence-electron chi connectivity index (χ0n) is 27.8. The molecule has 0 saturated carbocycles. The maximum Gasteiger partial charge on any atom is 0.221 e. The van der Waals surface area contributed by atoms with E-state index in [0.29, 0.717) is 29.4 Å². The number of ether oxygens (including phenoxy) is 4. The SMILES string of the molecule is CCCCCCCC/C=C\CCCCCCCC(=O)NC1NC(c2ccc(OC)c(OC)c2)Cc2cc(OC)c(OC)cc21. The molecular weight excluding hydrogens is 552 g/mol. The molecule has 0 aliphatic carbocycles. The van der Waals surface area contributed by atoms with E-state index >= 15 is 0 Å². The van der Waals surface area contributed by atoms with Crippen LogP contribution in [0.2, 0.25) is 0 Å². The number of fused-ring (bicyclic) bond motifs is 1. The molecule has 7 heteroatoms. The molecule has 0 fully saturated rings. The van der Waals surface area contributed by atoms with Crippen molar-refractivity contribution in [2.75, 3.05) is 28.4 Å². The molecule has 0 bridgehead atoms. The van der Waals surface area contributed by atoms with Gasteiger partial charge in [0.05, 0.1) is 28.4 Å². The monoisotopic (exact) mass is 608 g/mol. The van der Waals surface area contributed by atoms with Gasteiger partial charge in [-0.05, 0) is 79.5 Å². The summed E-state index contributed by atoms with van der Waals surface area (Å²) in [5.74, 6) is 2.74. The molecule has 2 atom stereocenters.